The number of carbonyl (C=O) groups excluding carboxylic acids is 1. The van der Waals surface area contributed by atoms with Gasteiger partial charge in [0.05, 0.1) is 22.9 Å². The van der Waals surface area contributed by atoms with E-state index in [9.17, 15) is 9.18 Å². The SMILES string of the molecule is CC#C[C@@H]1[C@H](CF)NC(=O)N1c1nc2c3c(ccc2s1)OCC3. The molecule has 2 aliphatic rings. The minimum absolute atomic E-state index is 0.354. The predicted molar refractivity (Wildman–Crippen MR) is 86.8 cm³/mol. The topological polar surface area (TPSA) is 54.5 Å². The molecule has 7 heteroatoms. The second-order valence-corrected chi connectivity index (χ2v) is 6.41. The number of hydrogen-bond acceptors (Lipinski definition) is 4. The van der Waals surface area contributed by atoms with Gasteiger partial charge in [0.1, 0.15) is 18.5 Å². The van der Waals surface area contributed by atoms with Crippen LogP contribution in [0.25, 0.3) is 10.2 Å². The molecule has 1 N–H and O–H groups in total. The number of ether oxygens (including phenoxy) is 1. The third-order valence-electron chi connectivity index (χ3n) is 4.07. The van der Waals surface area contributed by atoms with Crippen LogP contribution in [0.2, 0.25) is 0 Å². The van der Waals surface area contributed by atoms with Crippen molar-refractivity contribution in [2.75, 3.05) is 18.2 Å². The second-order valence-electron chi connectivity index (χ2n) is 5.40. The number of aromatic nitrogens is 1. The van der Waals surface area contributed by atoms with E-state index in [1.54, 1.807) is 6.92 Å². The number of halogens is 1. The third-order valence-corrected chi connectivity index (χ3v) is 5.09. The van der Waals surface area contributed by atoms with E-state index >= 15 is 0 Å². The fourth-order valence-electron chi connectivity index (χ4n) is 3.02. The van der Waals surface area contributed by atoms with Crippen molar-refractivity contribution >= 4 is 32.7 Å². The summed E-state index contributed by atoms with van der Waals surface area (Å²) in [5.41, 5.74) is 1.93. The van der Waals surface area contributed by atoms with E-state index in [0.717, 1.165) is 28.0 Å². The Hall–Kier alpha value is -2.33. The lowest BCUT2D eigenvalue weighted by atomic mass is 10.1. The molecule has 0 bridgehead atoms. The summed E-state index contributed by atoms with van der Waals surface area (Å²) in [7, 11) is 0. The van der Waals surface area contributed by atoms with Crippen LogP contribution in [0.15, 0.2) is 12.1 Å². The number of fused-ring (bicyclic) bond motifs is 3. The molecule has 2 atom stereocenters. The molecular weight excluding hydrogens is 317 g/mol. The molecule has 1 aromatic carbocycles. The first-order valence-corrected chi connectivity index (χ1v) is 8.17. The maximum absolute atomic E-state index is 13.2. The fraction of sp³-hybridized carbons (Fsp3) is 0.375. The number of nitrogens with one attached hydrogen (secondary N) is 1. The molecule has 2 aliphatic heterocycles. The van der Waals surface area contributed by atoms with Crippen molar-refractivity contribution < 1.29 is 13.9 Å². The molecule has 3 heterocycles. The largest absolute Gasteiger partial charge is 0.493 e. The minimum atomic E-state index is -0.657. The van der Waals surface area contributed by atoms with Crippen molar-refractivity contribution in [2.45, 2.75) is 25.4 Å². The number of alkyl halides is 1. The van der Waals surface area contributed by atoms with Crippen LogP contribution >= 0.6 is 11.3 Å². The van der Waals surface area contributed by atoms with Gasteiger partial charge in [0.25, 0.3) is 0 Å². The van der Waals surface area contributed by atoms with Crippen LogP contribution in [-0.2, 0) is 6.42 Å². The Balaban J connectivity index is 1.81. The molecule has 118 valence electrons. The summed E-state index contributed by atoms with van der Waals surface area (Å²) in [5, 5.41) is 3.18. The fourth-order valence-corrected chi connectivity index (χ4v) is 4.05. The Kier molecular flexibility index (Phi) is 3.34. The number of nitrogens with zero attached hydrogens (tertiary/aromatic N) is 2. The highest BCUT2D eigenvalue weighted by Gasteiger charge is 2.41. The van der Waals surface area contributed by atoms with E-state index in [4.69, 9.17) is 4.74 Å². The van der Waals surface area contributed by atoms with Crippen LogP contribution in [0, 0.1) is 11.8 Å². The van der Waals surface area contributed by atoms with Crippen LogP contribution in [0.3, 0.4) is 0 Å². The van der Waals surface area contributed by atoms with Crippen molar-refractivity contribution in [3.05, 3.63) is 17.7 Å². The quantitative estimate of drug-likeness (QED) is 0.860. The summed E-state index contributed by atoms with van der Waals surface area (Å²) in [6.45, 7) is 1.67. The highest BCUT2D eigenvalue weighted by atomic mass is 32.1. The van der Waals surface area contributed by atoms with Crippen LogP contribution in [-0.4, -0.2) is 36.4 Å². The number of amides is 2. The Bertz CT molecular complexity index is 854. The molecule has 2 aromatic rings. The van der Waals surface area contributed by atoms with Gasteiger partial charge in [-0.3, -0.25) is 4.90 Å². The number of urea groups is 1. The lowest BCUT2D eigenvalue weighted by Crippen LogP contribution is -2.36. The summed E-state index contributed by atoms with van der Waals surface area (Å²) in [6, 6.07) is 2.36. The zero-order valence-electron chi connectivity index (χ0n) is 12.4. The number of hydrogen-bond donors (Lipinski definition) is 1. The number of carbonyl (C=O) groups is 1. The van der Waals surface area contributed by atoms with E-state index < -0.39 is 18.8 Å². The van der Waals surface area contributed by atoms with Crippen LogP contribution in [0.4, 0.5) is 14.3 Å². The molecule has 0 radical (unpaired) electrons. The summed E-state index contributed by atoms with van der Waals surface area (Å²) in [5.74, 6) is 6.55. The van der Waals surface area contributed by atoms with E-state index in [1.165, 1.54) is 16.2 Å². The minimum Gasteiger partial charge on any atom is -0.493 e. The van der Waals surface area contributed by atoms with Gasteiger partial charge in [-0.1, -0.05) is 17.3 Å². The van der Waals surface area contributed by atoms with Crippen molar-refractivity contribution in [3.8, 4) is 17.6 Å². The van der Waals surface area contributed by atoms with Gasteiger partial charge in [-0.05, 0) is 19.1 Å². The van der Waals surface area contributed by atoms with Gasteiger partial charge in [0.15, 0.2) is 5.13 Å². The third kappa shape index (κ3) is 2.13. The van der Waals surface area contributed by atoms with E-state index in [1.807, 2.05) is 12.1 Å². The Morgan fingerprint density at radius 1 is 1.57 bits per heavy atom. The van der Waals surface area contributed by atoms with E-state index in [-0.39, 0.29) is 6.03 Å². The molecular formula is C16H14FN3O2S. The van der Waals surface area contributed by atoms with Crippen LogP contribution < -0.4 is 15.0 Å². The molecule has 1 fully saturated rings. The van der Waals surface area contributed by atoms with Gasteiger partial charge in [-0.25, -0.2) is 14.2 Å². The number of anilines is 1. The van der Waals surface area contributed by atoms with Crippen molar-refractivity contribution in [1.29, 1.82) is 0 Å². The van der Waals surface area contributed by atoms with Gasteiger partial charge in [-0.2, -0.15) is 0 Å². The second kappa shape index (κ2) is 5.39. The van der Waals surface area contributed by atoms with Gasteiger partial charge in [-0.15, -0.1) is 5.92 Å². The first-order valence-electron chi connectivity index (χ1n) is 7.36. The Morgan fingerprint density at radius 3 is 3.22 bits per heavy atom. The van der Waals surface area contributed by atoms with Gasteiger partial charge < -0.3 is 10.1 Å². The molecule has 0 saturated carbocycles. The number of benzene rings is 1. The molecule has 1 aromatic heterocycles. The zero-order valence-corrected chi connectivity index (χ0v) is 13.2. The van der Waals surface area contributed by atoms with E-state index in [2.05, 4.69) is 22.1 Å². The lowest BCUT2D eigenvalue weighted by Gasteiger charge is -2.17. The average molecular weight is 331 g/mol. The maximum Gasteiger partial charge on any atom is 0.325 e. The molecule has 4 rings (SSSR count). The standard InChI is InChI=1S/C16H14FN3O2S/c1-2-3-11-10(8-17)18-15(21)20(11)16-19-14-9-6-7-22-12(9)4-5-13(14)23-16/h4-5,10-11H,6-8H2,1H3,(H,18,21)/t10-,11+/m0/s1. The summed E-state index contributed by atoms with van der Waals surface area (Å²) in [4.78, 5) is 18.4. The Labute approximate surface area is 136 Å². The normalized spacial score (nSPS) is 22.5. The van der Waals surface area contributed by atoms with Crippen LogP contribution in [0.5, 0.6) is 5.75 Å². The van der Waals surface area contributed by atoms with Gasteiger partial charge >= 0.3 is 6.03 Å². The molecule has 0 unspecified atom stereocenters. The van der Waals surface area contributed by atoms with Crippen molar-refractivity contribution in [1.82, 2.24) is 10.3 Å². The summed E-state index contributed by atoms with van der Waals surface area (Å²) in [6.07, 6.45) is 0.813. The molecule has 2 amide bonds. The first kappa shape index (κ1) is 14.3. The molecule has 23 heavy (non-hydrogen) atoms. The van der Waals surface area contributed by atoms with Crippen LogP contribution in [0.1, 0.15) is 12.5 Å². The first-order chi connectivity index (χ1) is 11.2. The summed E-state index contributed by atoms with van der Waals surface area (Å²) >= 11 is 1.41. The lowest BCUT2D eigenvalue weighted by molar-refractivity contribution is 0.249. The monoisotopic (exact) mass is 331 g/mol. The van der Waals surface area contributed by atoms with Gasteiger partial charge in [0, 0.05) is 12.0 Å². The highest BCUT2D eigenvalue weighted by Crippen LogP contribution is 2.38. The van der Waals surface area contributed by atoms with Crippen molar-refractivity contribution in [3.63, 3.8) is 0 Å². The smallest absolute Gasteiger partial charge is 0.325 e. The molecule has 1 saturated heterocycles. The Morgan fingerprint density at radius 2 is 2.43 bits per heavy atom. The maximum atomic E-state index is 13.2. The van der Waals surface area contributed by atoms with Gasteiger partial charge in [0.2, 0.25) is 0 Å². The molecule has 5 nitrogen and oxygen atoms in total. The molecule has 0 aliphatic carbocycles. The summed E-state index contributed by atoms with van der Waals surface area (Å²) < 4.78 is 19.7. The van der Waals surface area contributed by atoms with E-state index in [0.29, 0.717) is 11.7 Å². The number of thiazole rings is 1. The highest BCUT2D eigenvalue weighted by molar-refractivity contribution is 7.22. The van der Waals surface area contributed by atoms with Crippen molar-refractivity contribution in [2.24, 2.45) is 0 Å². The number of rotatable bonds is 2. The predicted octanol–water partition coefficient (Wildman–Crippen LogP) is 2.49. The average Bonchev–Trinajstić information content (AvgIpc) is 3.22. The molecule has 0 spiro atoms. The zero-order chi connectivity index (χ0) is 16.0.